The van der Waals surface area contributed by atoms with E-state index in [1.807, 2.05) is 0 Å². The standard InChI is InChI=1S/C12H7Cl2NO3/c13-9-2-1-6(3-10(9)14)8-5-15-11(16)4-7(8)12(17)18/h1-5H,(H,15,16)(H,17,18). The quantitative estimate of drug-likeness (QED) is 0.890. The van der Waals surface area contributed by atoms with Gasteiger partial charge in [0.25, 0.3) is 0 Å². The molecule has 2 rings (SSSR count). The van der Waals surface area contributed by atoms with Crippen molar-refractivity contribution in [2.45, 2.75) is 0 Å². The van der Waals surface area contributed by atoms with Gasteiger partial charge >= 0.3 is 5.97 Å². The summed E-state index contributed by atoms with van der Waals surface area (Å²) < 4.78 is 0. The zero-order valence-corrected chi connectivity index (χ0v) is 10.4. The van der Waals surface area contributed by atoms with Gasteiger partial charge in [0.15, 0.2) is 0 Å². The molecular weight excluding hydrogens is 277 g/mol. The van der Waals surface area contributed by atoms with E-state index in [0.717, 1.165) is 6.07 Å². The van der Waals surface area contributed by atoms with Crippen LogP contribution in [0.3, 0.4) is 0 Å². The van der Waals surface area contributed by atoms with E-state index in [1.54, 1.807) is 18.2 Å². The van der Waals surface area contributed by atoms with E-state index in [1.165, 1.54) is 6.20 Å². The van der Waals surface area contributed by atoms with Crippen LogP contribution in [0.25, 0.3) is 11.1 Å². The number of benzene rings is 1. The zero-order chi connectivity index (χ0) is 13.3. The summed E-state index contributed by atoms with van der Waals surface area (Å²) in [6.07, 6.45) is 1.34. The molecule has 0 saturated heterocycles. The third-order valence-electron chi connectivity index (χ3n) is 2.39. The van der Waals surface area contributed by atoms with Crippen LogP contribution in [-0.2, 0) is 0 Å². The van der Waals surface area contributed by atoms with E-state index in [2.05, 4.69) is 4.98 Å². The van der Waals surface area contributed by atoms with Crippen LogP contribution >= 0.6 is 23.2 Å². The Morgan fingerprint density at radius 3 is 2.50 bits per heavy atom. The smallest absolute Gasteiger partial charge is 0.336 e. The largest absolute Gasteiger partial charge is 0.478 e. The molecule has 1 aromatic carbocycles. The minimum absolute atomic E-state index is 0.0860. The Morgan fingerprint density at radius 2 is 1.89 bits per heavy atom. The molecule has 18 heavy (non-hydrogen) atoms. The lowest BCUT2D eigenvalue weighted by atomic mass is 10.0. The monoisotopic (exact) mass is 283 g/mol. The second-order valence-electron chi connectivity index (χ2n) is 3.56. The molecule has 1 aromatic heterocycles. The Morgan fingerprint density at radius 1 is 1.17 bits per heavy atom. The van der Waals surface area contributed by atoms with E-state index < -0.39 is 11.5 Å². The Hall–Kier alpha value is -1.78. The highest BCUT2D eigenvalue weighted by molar-refractivity contribution is 6.42. The predicted molar refractivity (Wildman–Crippen MR) is 69.5 cm³/mol. The molecule has 2 aromatic rings. The second-order valence-corrected chi connectivity index (χ2v) is 4.37. The van der Waals surface area contributed by atoms with Gasteiger partial charge in [-0.2, -0.15) is 0 Å². The van der Waals surface area contributed by atoms with Crippen LogP contribution in [-0.4, -0.2) is 16.1 Å². The van der Waals surface area contributed by atoms with E-state index in [-0.39, 0.29) is 5.56 Å². The number of pyridine rings is 1. The lowest BCUT2D eigenvalue weighted by Crippen LogP contribution is -2.10. The summed E-state index contributed by atoms with van der Waals surface area (Å²) in [5.74, 6) is -1.18. The Labute approximate surface area is 112 Å². The van der Waals surface area contributed by atoms with Gasteiger partial charge in [0.05, 0.1) is 15.6 Å². The summed E-state index contributed by atoms with van der Waals surface area (Å²) in [4.78, 5) is 24.7. The summed E-state index contributed by atoms with van der Waals surface area (Å²) in [7, 11) is 0. The summed E-state index contributed by atoms with van der Waals surface area (Å²) in [5, 5.41) is 9.76. The summed E-state index contributed by atoms with van der Waals surface area (Å²) in [6, 6.07) is 5.77. The first-order valence-corrected chi connectivity index (χ1v) is 5.66. The number of hydrogen-bond acceptors (Lipinski definition) is 2. The third kappa shape index (κ3) is 2.39. The number of aromatic carboxylic acids is 1. The fourth-order valence-electron chi connectivity index (χ4n) is 1.55. The Balaban J connectivity index is 2.66. The molecule has 1 heterocycles. The molecule has 0 atom stereocenters. The maximum Gasteiger partial charge on any atom is 0.336 e. The van der Waals surface area contributed by atoms with Crippen molar-refractivity contribution >= 4 is 29.2 Å². The van der Waals surface area contributed by atoms with E-state index >= 15 is 0 Å². The number of H-pyrrole nitrogens is 1. The highest BCUT2D eigenvalue weighted by Gasteiger charge is 2.13. The van der Waals surface area contributed by atoms with Crippen LogP contribution in [0.5, 0.6) is 0 Å². The SMILES string of the molecule is O=C(O)c1cc(=O)[nH]cc1-c1ccc(Cl)c(Cl)c1. The van der Waals surface area contributed by atoms with Crippen LogP contribution in [0.1, 0.15) is 10.4 Å². The predicted octanol–water partition coefficient (Wildman–Crippen LogP) is 3.05. The second kappa shape index (κ2) is 4.84. The lowest BCUT2D eigenvalue weighted by Gasteiger charge is -2.06. The highest BCUT2D eigenvalue weighted by atomic mass is 35.5. The van der Waals surface area contributed by atoms with Gasteiger partial charge in [0, 0.05) is 17.8 Å². The van der Waals surface area contributed by atoms with Gasteiger partial charge in [-0.3, -0.25) is 4.79 Å². The van der Waals surface area contributed by atoms with Gasteiger partial charge in [-0.25, -0.2) is 4.79 Å². The number of carbonyl (C=O) groups is 1. The van der Waals surface area contributed by atoms with Crippen molar-refractivity contribution in [1.82, 2.24) is 4.98 Å². The van der Waals surface area contributed by atoms with Crippen molar-refractivity contribution in [1.29, 1.82) is 0 Å². The van der Waals surface area contributed by atoms with Crippen molar-refractivity contribution in [3.63, 3.8) is 0 Å². The molecule has 0 bridgehead atoms. The fourth-order valence-corrected chi connectivity index (χ4v) is 1.85. The molecule has 0 aliphatic carbocycles. The topological polar surface area (TPSA) is 70.2 Å². The van der Waals surface area contributed by atoms with Crippen molar-refractivity contribution in [2.24, 2.45) is 0 Å². The molecule has 0 radical (unpaired) electrons. The van der Waals surface area contributed by atoms with Crippen molar-refractivity contribution in [3.05, 3.63) is 56.4 Å². The average Bonchev–Trinajstić information content (AvgIpc) is 2.32. The van der Waals surface area contributed by atoms with Crippen LogP contribution in [0.4, 0.5) is 0 Å². The van der Waals surface area contributed by atoms with Crippen LogP contribution < -0.4 is 5.56 Å². The maximum absolute atomic E-state index is 11.1. The van der Waals surface area contributed by atoms with Crippen molar-refractivity contribution in [2.75, 3.05) is 0 Å². The number of halogens is 2. The normalized spacial score (nSPS) is 10.3. The number of rotatable bonds is 2. The molecule has 0 unspecified atom stereocenters. The lowest BCUT2D eigenvalue weighted by molar-refractivity contribution is 0.0697. The summed E-state index contributed by atoms with van der Waals surface area (Å²) >= 11 is 11.7. The van der Waals surface area contributed by atoms with Crippen molar-refractivity contribution in [3.8, 4) is 11.1 Å². The molecule has 0 saturated carbocycles. The summed E-state index contributed by atoms with van der Waals surface area (Å²) in [5.41, 5.74) is 0.382. The van der Waals surface area contributed by atoms with E-state index in [0.29, 0.717) is 21.2 Å². The molecule has 0 aliphatic heterocycles. The number of carboxylic acid groups (broad SMARTS) is 1. The number of hydrogen-bond donors (Lipinski definition) is 2. The molecule has 4 nitrogen and oxygen atoms in total. The molecule has 92 valence electrons. The third-order valence-corrected chi connectivity index (χ3v) is 3.12. The van der Waals surface area contributed by atoms with Gasteiger partial charge in [0.2, 0.25) is 5.56 Å². The van der Waals surface area contributed by atoms with Gasteiger partial charge in [-0.15, -0.1) is 0 Å². The molecule has 0 amide bonds. The van der Waals surface area contributed by atoms with Gasteiger partial charge in [-0.1, -0.05) is 29.3 Å². The van der Waals surface area contributed by atoms with E-state index in [9.17, 15) is 9.59 Å². The summed E-state index contributed by atoms with van der Waals surface area (Å²) in [6.45, 7) is 0. The molecular formula is C12H7Cl2NO3. The maximum atomic E-state index is 11.1. The van der Waals surface area contributed by atoms with Gasteiger partial charge in [0.1, 0.15) is 0 Å². The number of nitrogens with one attached hydrogen (secondary N) is 1. The first-order valence-electron chi connectivity index (χ1n) is 4.90. The van der Waals surface area contributed by atoms with Gasteiger partial charge < -0.3 is 10.1 Å². The molecule has 0 spiro atoms. The minimum Gasteiger partial charge on any atom is -0.478 e. The van der Waals surface area contributed by atoms with Crippen molar-refractivity contribution < 1.29 is 9.90 Å². The molecule has 2 N–H and O–H groups in total. The fraction of sp³-hybridized carbons (Fsp3) is 0. The van der Waals surface area contributed by atoms with Crippen LogP contribution in [0.2, 0.25) is 10.0 Å². The molecule has 0 aliphatic rings. The van der Waals surface area contributed by atoms with Crippen LogP contribution in [0.15, 0.2) is 35.3 Å². The zero-order valence-electron chi connectivity index (χ0n) is 8.91. The minimum atomic E-state index is -1.18. The molecule has 0 fully saturated rings. The van der Waals surface area contributed by atoms with E-state index in [4.69, 9.17) is 28.3 Å². The Bertz CT molecular complexity index is 679. The molecule has 6 heteroatoms. The number of aromatic amines is 1. The highest BCUT2D eigenvalue weighted by Crippen LogP contribution is 2.29. The number of carboxylic acids is 1. The Kier molecular flexibility index (Phi) is 3.41. The van der Waals surface area contributed by atoms with Crippen LogP contribution in [0, 0.1) is 0 Å². The first kappa shape index (κ1) is 12.7. The first-order chi connectivity index (χ1) is 8.49. The average molecular weight is 284 g/mol. The van der Waals surface area contributed by atoms with Gasteiger partial charge in [-0.05, 0) is 17.7 Å². The number of aromatic nitrogens is 1.